The molecule has 1 aliphatic rings. The Morgan fingerprint density at radius 3 is 3.00 bits per heavy atom. The summed E-state index contributed by atoms with van der Waals surface area (Å²) >= 11 is 0. The average molecular weight is 244 g/mol. The summed E-state index contributed by atoms with van der Waals surface area (Å²) in [6.45, 7) is 0.613. The van der Waals surface area contributed by atoms with E-state index in [4.69, 9.17) is 4.74 Å². The number of nitrogens with zero attached hydrogens (tertiary/aromatic N) is 2. The molecule has 0 saturated carbocycles. The molecule has 0 bridgehead atoms. The second-order valence-corrected chi connectivity index (χ2v) is 4.14. The molecule has 3 rings (SSSR count). The number of hydrogen-bond donors (Lipinski definition) is 1. The number of aromatic nitrogens is 2. The number of aliphatic hydroxyl groups is 1. The number of rotatable bonds is 1. The van der Waals surface area contributed by atoms with Gasteiger partial charge in [0, 0.05) is 13.0 Å². The predicted molar refractivity (Wildman–Crippen MR) is 65.9 cm³/mol. The van der Waals surface area contributed by atoms with Crippen LogP contribution in [0.5, 0.6) is 0 Å². The molecule has 0 amide bonds. The number of methoxy groups -OCH3 is 1. The number of aryl methyl sites for hydroxylation is 1. The third-order valence-electron chi connectivity index (χ3n) is 3.13. The summed E-state index contributed by atoms with van der Waals surface area (Å²) in [6, 6.07) is 7.64. The van der Waals surface area contributed by atoms with Crippen molar-refractivity contribution >= 4 is 22.6 Å². The van der Waals surface area contributed by atoms with Crippen LogP contribution in [0.1, 0.15) is 12.2 Å². The van der Waals surface area contributed by atoms with E-state index in [1.807, 2.05) is 28.8 Å². The molecule has 0 fully saturated rings. The first-order chi connectivity index (χ1) is 8.72. The monoisotopic (exact) mass is 244 g/mol. The molecule has 92 valence electrons. The van der Waals surface area contributed by atoms with Crippen molar-refractivity contribution in [3.8, 4) is 0 Å². The molecule has 1 aromatic carbocycles. The maximum atomic E-state index is 11.7. The SMILES string of the molecule is COC(=O)C1=C(O)CCn2c1nc1ccccc12. The molecule has 2 heterocycles. The van der Waals surface area contributed by atoms with Crippen LogP contribution >= 0.6 is 0 Å². The van der Waals surface area contributed by atoms with Crippen LogP contribution in [-0.4, -0.2) is 27.7 Å². The number of ether oxygens (including phenoxy) is 1. The molecular weight excluding hydrogens is 232 g/mol. The Morgan fingerprint density at radius 1 is 1.44 bits per heavy atom. The van der Waals surface area contributed by atoms with Crippen LogP contribution in [-0.2, 0) is 16.1 Å². The highest BCUT2D eigenvalue weighted by atomic mass is 16.5. The normalized spacial score (nSPS) is 14.7. The molecule has 0 spiro atoms. The standard InChI is InChI=1S/C13H12N2O3/c1-18-13(17)11-10(16)6-7-15-9-5-3-2-4-8(9)14-12(11)15/h2-5,16H,6-7H2,1H3. The Bertz CT molecular complexity index is 670. The van der Waals surface area contributed by atoms with Gasteiger partial charge in [0.25, 0.3) is 0 Å². The van der Waals surface area contributed by atoms with E-state index in [9.17, 15) is 9.90 Å². The summed E-state index contributed by atoms with van der Waals surface area (Å²) in [5.74, 6) is -0.0276. The third-order valence-corrected chi connectivity index (χ3v) is 3.13. The molecule has 1 aliphatic heterocycles. The lowest BCUT2D eigenvalue weighted by molar-refractivity contribution is -0.133. The van der Waals surface area contributed by atoms with Gasteiger partial charge in [-0.25, -0.2) is 9.78 Å². The van der Waals surface area contributed by atoms with E-state index < -0.39 is 5.97 Å². The van der Waals surface area contributed by atoms with Crippen LogP contribution in [0.15, 0.2) is 30.0 Å². The molecule has 2 aromatic rings. The van der Waals surface area contributed by atoms with Gasteiger partial charge in [-0.3, -0.25) is 0 Å². The topological polar surface area (TPSA) is 64.3 Å². The van der Waals surface area contributed by atoms with E-state index >= 15 is 0 Å². The van der Waals surface area contributed by atoms with Crippen molar-refractivity contribution in [1.82, 2.24) is 9.55 Å². The molecule has 1 N–H and O–H groups in total. The summed E-state index contributed by atoms with van der Waals surface area (Å²) in [5, 5.41) is 9.87. The lowest BCUT2D eigenvalue weighted by Gasteiger charge is -2.17. The van der Waals surface area contributed by atoms with Crippen molar-refractivity contribution in [1.29, 1.82) is 0 Å². The number of carbonyl (C=O) groups excluding carboxylic acids is 1. The van der Waals surface area contributed by atoms with Crippen molar-refractivity contribution in [3.63, 3.8) is 0 Å². The van der Waals surface area contributed by atoms with E-state index in [1.165, 1.54) is 7.11 Å². The molecule has 0 unspecified atom stereocenters. The van der Waals surface area contributed by atoms with E-state index in [1.54, 1.807) is 0 Å². The fourth-order valence-corrected chi connectivity index (χ4v) is 2.28. The van der Waals surface area contributed by atoms with E-state index in [0.29, 0.717) is 18.8 Å². The van der Waals surface area contributed by atoms with Gasteiger partial charge in [-0.15, -0.1) is 0 Å². The minimum atomic E-state index is -0.552. The van der Waals surface area contributed by atoms with Crippen molar-refractivity contribution in [2.45, 2.75) is 13.0 Å². The summed E-state index contributed by atoms with van der Waals surface area (Å²) in [4.78, 5) is 16.1. The second-order valence-electron chi connectivity index (χ2n) is 4.14. The lowest BCUT2D eigenvalue weighted by atomic mass is 10.1. The smallest absolute Gasteiger partial charge is 0.345 e. The summed E-state index contributed by atoms with van der Waals surface area (Å²) < 4.78 is 6.63. The van der Waals surface area contributed by atoms with Crippen molar-refractivity contribution < 1.29 is 14.6 Å². The van der Waals surface area contributed by atoms with Gasteiger partial charge in [0.15, 0.2) is 5.82 Å². The molecule has 1 aromatic heterocycles. The molecule has 5 heteroatoms. The highest BCUT2D eigenvalue weighted by Crippen LogP contribution is 2.29. The number of carbonyl (C=O) groups is 1. The zero-order valence-corrected chi connectivity index (χ0v) is 9.88. The number of benzene rings is 1. The highest BCUT2D eigenvalue weighted by Gasteiger charge is 2.28. The number of esters is 1. The molecule has 0 radical (unpaired) electrons. The Hall–Kier alpha value is -2.30. The number of imidazole rings is 1. The Kier molecular flexibility index (Phi) is 2.33. The van der Waals surface area contributed by atoms with Gasteiger partial charge in [-0.1, -0.05) is 12.1 Å². The molecular formula is C13H12N2O3. The molecule has 0 atom stereocenters. The van der Waals surface area contributed by atoms with Gasteiger partial charge in [0.2, 0.25) is 0 Å². The molecule has 18 heavy (non-hydrogen) atoms. The van der Waals surface area contributed by atoms with E-state index in [-0.39, 0.29) is 11.3 Å². The van der Waals surface area contributed by atoms with Crippen LogP contribution < -0.4 is 0 Å². The first-order valence-corrected chi connectivity index (χ1v) is 5.68. The molecule has 0 aliphatic carbocycles. The van der Waals surface area contributed by atoms with Gasteiger partial charge in [0.1, 0.15) is 11.3 Å². The Balaban J connectivity index is 2.28. The average Bonchev–Trinajstić information content (AvgIpc) is 2.76. The van der Waals surface area contributed by atoms with Gasteiger partial charge < -0.3 is 14.4 Å². The van der Waals surface area contributed by atoms with Crippen LogP contribution in [0.2, 0.25) is 0 Å². The zero-order valence-electron chi connectivity index (χ0n) is 9.88. The third kappa shape index (κ3) is 1.40. The summed E-state index contributed by atoms with van der Waals surface area (Å²) in [7, 11) is 1.30. The largest absolute Gasteiger partial charge is 0.511 e. The maximum absolute atomic E-state index is 11.7. The van der Waals surface area contributed by atoms with Gasteiger partial charge >= 0.3 is 5.97 Å². The van der Waals surface area contributed by atoms with Crippen molar-refractivity contribution in [2.75, 3.05) is 7.11 Å². The fourth-order valence-electron chi connectivity index (χ4n) is 2.28. The Morgan fingerprint density at radius 2 is 2.22 bits per heavy atom. The first-order valence-electron chi connectivity index (χ1n) is 5.68. The summed E-state index contributed by atoms with van der Waals surface area (Å²) in [6.07, 6.45) is 0.414. The molecule has 0 saturated heterocycles. The molecule has 5 nitrogen and oxygen atoms in total. The number of allylic oxidation sites excluding steroid dienone is 1. The number of fused-ring (bicyclic) bond motifs is 3. The van der Waals surface area contributed by atoms with Crippen LogP contribution in [0.3, 0.4) is 0 Å². The number of para-hydroxylation sites is 2. The van der Waals surface area contributed by atoms with Crippen molar-refractivity contribution in [2.24, 2.45) is 0 Å². The predicted octanol–water partition coefficient (Wildman–Crippen LogP) is 1.88. The van der Waals surface area contributed by atoms with Crippen LogP contribution in [0, 0.1) is 0 Å². The number of hydrogen-bond acceptors (Lipinski definition) is 4. The first kappa shape index (κ1) is 10.8. The minimum Gasteiger partial charge on any atom is -0.511 e. The zero-order chi connectivity index (χ0) is 12.7. The van der Waals surface area contributed by atoms with Crippen LogP contribution in [0.4, 0.5) is 0 Å². The van der Waals surface area contributed by atoms with Gasteiger partial charge in [0.05, 0.1) is 18.1 Å². The van der Waals surface area contributed by atoms with Crippen LogP contribution in [0.25, 0.3) is 16.6 Å². The van der Waals surface area contributed by atoms with Gasteiger partial charge in [-0.05, 0) is 12.1 Å². The second kappa shape index (κ2) is 3.87. The van der Waals surface area contributed by atoms with Crippen molar-refractivity contribution in [3.05, 3.63) is 35.8 Å². The fraction of sp³-hybridized carbons (Fsp3) is 0.231. The number of aliphatic hydroxyl groups excluding tert-OH is 1. The van der Waals surface area contributed by atoms with E-state index in [0.717, 1.165) is 11.0 Å². The highest BCUT2D eigenvalue weighted by molar-refractivity contribution is 6.16. The quantitative estimate of drug-likeness (QED) is 0.778. The lowest BCUT2D eigenvalue weighted by Crippen LogP contribution is -2.18. The Labute approximate surface area is 103 Å². The maximum Gasteiger partial charge on any atom is 0.345 e. The van der Waals surface area contributed by atoms with Gasteiger partial charge in [-0.2, -0.15) is 0 Å². The minimum absolute atomic E-state index is 0.0460. The summed E-state index contributed by atoms with van der Waals surface area (Å²) in [5.41, 5.74) is 1.94. The van der Waals surface area contributed by atoms with E-state index in [2.05, 4.69) is 4.98 Å².